The van der Waals surface area contributed by atoms with E-state index in [9.17, 15) is 32.0 Å². The van der Waals surface area contributed by atoms with E-state index in [1.54, 1.807) is 19.9 Å². The number of halogens is 1. The van der Waals surface area contributed by atoms with Crippen LogP contribution in [0.1, 0.15) is 93.1 Å². The molecular formula is C37H46FN7O8S. The number of hydrogen-bond acceptors (Lipinski definition) is 11. The van der Waals surface area contributed by atoms with Crippen molar-refractivity contribution in [2.24, 2.45) is 5.92 Å². The number of aromatic nitrogens is 3. The number of para-hydroxylation sites is 1. The number of ether oxygens (including phenoxy) is 1. The number of rotatable bonds is 17. The van der Waals surface area contributed by atoms with Crippen molar-refractivity contribution >= 4 is 44.7 Å². The molecule has 0 radical (unpaired) electrons. The van der Waals surface area contributed by atoms with Crippen LogP contribution in [0.15, 0.2) is 40.9 Å². The van der Waals surface area contributed by atoms with Crippen molar-refractivity contribution in [3.05, 3.63) is 59.4 Å². The molecule has 54 heavy (non-hydrogen) atoms. The number of likely N-dealkylation sites (tertiary alicyclic amines) is 1. The highest BCUT2D eigenvalue weighted by atomic mass is 32.2. The number of fused-ring (bicyclic) bond motifs is 1. The molecule has 4 amide bonds. The Bertz CT molecular complexity index is 2050. The molecule has 3 N–H and O–H groups in total. The third-order valence-corrected chi connectivity index (χ3v) is 12.2. The molecule has 3 atom stereocenters. The van der Waals surface area contributed by atoms with Crippen LogP contribution in [0.3, 0.4) is 0 Å². The maximum atomic E-state index is 14.6. The molecule has 2 saturated carbocycles. The van der Waals surface area contributed by atoms with Crippen molar-refractivity contribution in [3.8, 4) is 5.88 Å². The van der Waals surface area contributed by atoms with Crippen molar-refractivity contribution in [1.82, 2.24) is 35.4 Å². The van der Waals surface area contributed by atoms with Crippen LogP contribution in [0.25, 0.3) is 11.0 Å². The summed E-state index contributed by atoms with van der Waals surface area (Å²) >= 11 is 0. The Morgan fingerprint density at radius 2 is 1.91 bits per heavy atom. The molecule has 3 heterocycles. The van der Waals surface area contributed by atoms with E-state index < -0.39 is 68.9 Å². The summed E-state index contributed by atoms with van der Waals surface area (Å²) in [6.45, 7) is 4.05. The van der Waals surface area contributed by atoms with Crippen LogP contribution in [-0.4, -0.2) is 88.1 Å². The molecule has 1 saturated heterocycles. The van der Waals surface area contributed by atoms with Crippen LogP contribution < -0.4 is 20.1 Å². The summed E-state index contributed by atoms with van der Waals surface area (Å²) in [6, 6.07) is 3.58. The molecule has 3 aliphatic rings. The molecule has 0 bridgehead atoms. The third kappa shape index (κ3) is 9.40. The van der Waals surface area contributed by atoms with E-state index >= 15 is 0 Å². The number of unbranched alkanes of at least 4 members (excludes halogenated alkanes) is 3. The topological polar surface area (TPSA) is 203 Å². The van der Waals surface area contributed by atoms with Crippen LogP contribution in [0.2, 0.25) is 0 Å². The summed E-state index contributed by atoms with van der Waals surface area (Å²) in [7, 11) is -3.94. The van der Waals surface area contributed by atoms with E-state index in [0.29, 0.717) is 42.1 Å². The van der Waals surface area contributed by atoms with Crippen molar-refractivity contribution < 1.29 is 41.2 Å². The van der Waals surface area contributed by atoms with Gasteiger partial charge in [0.2, 0.25) is 33.5 Å². The van der Waals surface area contributed by atoms with Crippen molar-refractivity contribution in [1.29, 1.82) is 0 Å². The number of carbonyl (C=O) groups is 4. The first kappa shape index (κ1) is 38.8. The number of hydrogen-bond donors (Lipinski definition) is 3. The fourth-order valence-corrected chi connectivity index (χ4v) is 7.58. The lowest BCUT2D eigenvalue weighted by Gasteiger charge is -2.28. The molecule has 0 spiro atoms. The highest BCUT2D eigenvalue weighted by Gasteiger charge is 2.51. The maximum absolute atomic E-state index is 14.6. The number of benzene rings is 1. The molecule has 17 heteroatoms. The number of aryl methyl sites for hydroxylation is 2. The minimum absolute atomic E-state index is 0.00666. The number of allylic oxidation sites excluding steroid dienone is 2. The second-order valence-electron chi connectivity index (χ2n) is 14.7. The molecule has 2 aliphatic carbocycles. The highest BCUT2D eigenvalue weighted by Crippen LogP contribution is 2.42. The van der Waals surface area contributed by atoms with Gasteiger partial charge in [-0.3, -0.25) is 23.9 Å². The van der Waals surface area contributed by atoms with E-state index in [1.807, 2.05) is 4.72 Å². The second-order valence-corrected chi connectivity index (χ2v) is 16.9. The number of nitrogens with zero attached hydrogens (tertiary/aromatic N) is 4. The smallest absolute Gasteiger partial charge is 0.290 e. The largest absolute Gasteiger partial charge is 0.471 e. The first-order chi connectivity index (χ1) is 25.7. The van der Waals surface area contributed by atoms with Crippen LogP contribution in [0, 0.1) is 25.6 Å². The van der Waals surface area contributed by atoms with Gasteiger partial charge in [0, 0.05) is 12.5 Å². The summed E-state index contributed by atoms with van der Waals surface area (Å²) in [6.07, 6.45) is 10.3. The zero-order valence-electron chi connectivity index (χ0n) is 30.6. The number of amides is 4. The van der Waals surface area contributed by atoms with Gasteiger partial charge in [-0.15, -0.1) is 0 Å². The predicted molar refractivity (Wildman–Crippen MR) is 194 cm³/mol. The van der Waals surface area contributed by atoms with E-state index in [1.165, 1.54) is 42.9 Å². The predicted octanol–water partition coefficient (Wildman–Crippen LogP) is 3.55. The summed E-state index contributed by atoms with van der Waals surface area (Å²) in [5, 5.41) is 8.99. The second kappa shape index (κ2) is 16.2. The lowest BCUT2D eigenvalue weighted by molar-refractivity contribution is -0.140. The Balaban J connectivity index is 1.19. The quantitative estimate of drug-likeness (QED) is 0.134. The fourth-order valence-electron chi connectivity index (χ4n) is 6.32. The van der Waals surface area contributed by atoms with Gasteiger partial charge in [0.25, 0.3) is 11.8 Å². The molecule has 1 aliphatic heterocycles. The van der Waals surface area contributed by atoms with Gasteiger partial charge in [-0.1, -0.05) is 36.2 Å². The van der Waals surface area contributed by atoms with Gasteiger partial charge in [-0.25, -0.2) is 22.8 Å². The van der Waals surface area contributed by atoms with Gasteiger partial charge in [0.05, 0.1) is 29.0 Å². The van der Waals surface area contributed by atoms with Crippen LogP contribution >= 0.6 is 0 Å². The fraction of sp³-hybridized carbons (Fsp3) is 0.541. The lowest BCUT2D eigenvalue weighted by atomic mass is 10.0. The molecule has 1 aromatic carbocycles. The van der Waals surface area contributed by atoms with Crippen LogP contribution in [-0.2, 0) is 24.4 Å². The molecule has 3 aromatic rings. The summed E-state index contributed by atoms with van der Waals surface area (Å²) < 4.78 is 52.1. The van der Waals surface area contributed by atoms with Crippen LogP contribution in [0.5, 0.6) is 5.88 Å². The summed E-state index contributed by atoms with van der Waals surface area (Å²) in [5.41, 5.74) is 1.16. The highest BCUT2D eigenvalue weighted by molar-refractivity contribution is 7.91. The van der Waals surface area contributed by atoms with Gasteiger partial charge in [0.1, 0.15) is 29.4 Å². The first-order valence-electron chi connectivity index (χ1n) is 18.4. The molecule has 290 valence electrons. The van der Waals surface area contributed by atoms with E-state index in [0.717, 1.165) is 19.3 Å². The minimum Gasteiger partial charge on any atom is -0.471 e. The van der Waals surface area contributed by atoms with Gasteiger partial charge >= 0.3 is 0 Å². The lowest BCUT2D eigenvalue weighted by Crippen LogP contribution is -2.54. The Kier molecular flexibility index (Phi) is 11.6. The minimum atomic E-state index is -3.94. The molecule has 3 fully saturated rings. The van der Waals surface area contributed by atoms with Crippen molar-refractivity contribution in [3.63, 3.8) is 0 Å². The third-order valence-electron chi connectivity index (χ3n) is 10.0. The summed E-state index contributed by atoms with van der Waals surface area (Å²) in [4.78, 5) is 64.0. The Labute approximate surface area is 312 Å². The number of sulfonamides is 1. The van der Waals surface area contributed by atoms with Gasteiger partial charge in [-0.05, 0) is 83.8 Å². The molecular weight excluding hydrogens is 722 g/mol. The molecule has 6 rings (SSSR count). The number of carbonyl (C=O) groups excluding carboxylic acids is 4. The molecule has 2 aromatic heterocycles. The Morgan fingerprint density at radius 3 is 2.61 bits per heavy atom. The zero-order chi connectivity index (χ0) is 38.6. The monoisotopic (exact) mass is 767 g/mol. The Morgan fingerprint density at radius 1 is 1.13 bits per heavy atom. The average molecular weight is 768 g/mol. The van der Waals surface area contributed by atoms with Crippen molar-refractivity contribution in [2.75, 3.05) is 13.1 Å². The molecule has 0 unspecified atom stereocenters. The van der Waals surface area contributed by atoms with Gasteiger partial charge < -0.3 is 24.8 Å². The van der Waals surface area contributed by atoms with Gasteiger partial charge in [-0.2, -0.15) is 0 Å². The van der Waals surface area contributed by atoms with E-state index in [4.69, 9.17) is 9.26 Å². The normalized spacial score (nSPS) is 19.8. The average Bonchev–Trinajstić information content (AvgIpc) is 4.02. The SMILES string of the molecule is Cc1cc(C(=O)N[C@@H](CCCCC/C=C\C2CC2)C(=O)N2C[C@H](Oc3nc4c(F)cccc4nc3C)C[C@H]2C(=O)NCC(=O)NS(=O)(=O)C2(C)CC2)on1. The van der Waals surface area contributed by atoms with Crippen molar-refractivity contribution in [2.45, 2.75) is 108 Å². The molecule has 15 nitrogen and oxygen atoms in total. The van der Waals surface area contributed by atoms with E-state index in [-0.39, 0.29) is 36.5 Å². The van der Waals surface area contributed by atoms with Gasteiger partial charge in [0.15, 0.2) is 5.82 Å². The Hall–Kier alpha value is -4.93. The first-order valence-corrected chi connectivity index (χ1v) is 19.8. The number of nitrogens with one attached hydrogen (secondary N) is 3. The van der Waals surface area contributed by atoms with Crippen LogP contribution in [0.4, 0.5) is 4.39 Å². The summed E-state index contributed by atoms with van der Waals surface area (Å²) in [5.74, 6) is -2.85. The van der Waals surface area contributed by atoms with E-state index in [2.05, 4.69) is 37.9 Å². The zero-order valence-corrected chi connectivity index (χ0v) is 31.4. The standard InChI is InChI=1S/C37H46FN7O8S/c1-22-18-30(53-43-22)34(48)41-28(12-8-6-4-5-7-10-24-14-15-24)36(49)45-21-25(52-35-23(2)40-27-13-9-11-26(38)32(27)42-35)19-29(45)33(47)39-20-31(46)44-54(50,51)37(3)16-17-37/h7,9-11,13,18,24-25,28-29H,4-6,8,12,14-17,19-21H2,1-3H3,(H,39,47)(H,41,48)(H,44,46)/b10-7-/t25-,28+,29+/m1/s1. The maximum Gasteiger partial charge on any atom is 0.290 e.